The Labute approximate surface area is 140 Å². The quantitative estimate of drug-likeness (QED) is 0.707. The van der Waals surface area contributed by atoms with E-state index in [2.05, 4.69) is 11.1 Å². The summed E-state index contributed by atoms with van der Waals surface area (Å²) >= 11 is 0. The van der Waals surface area contributed by atoms with Crippen LogP contribution in [0, 0.1) is 11.3 Å². The van der Waals surface area contributed by atoms with E-state index >= 15 is 0 Å². The molecule has 0 saturated carbocycles. The summed E-state index contributed by atoms with van der Waals surface area (Å²) in [7, 11) is 1.58. The van der Waals surface area contributed by atoms with E-state index in [4.69, 9.17) is 14.7 Å². The van der Waals surface area contributed by atoms with Crippen molar-refractivity contribution in [3.63, 3.8) is 0 Å². The van der Waals surface area contributed by atoms with Gasteiger partial charge in [-0.05, 0) is 35.4 Å². The summed E-state index contributed by atoms with van der Waals surface area (Å²) in [5, 5.41) is 9.11. The molecule has 0 aliphatic rings. The Kier molecular flexibility index (Phi) is 4.73. The van der Waals surface area contributed by atoms with Crippen LogP contribution in [0.1, 0.15) is 11.1 Å². The maximum atomic E-state index is 9.11. The Morgan fingerprint density at radius 2 is 1.83 bits per heavy atom. The Bertz CT molecular complexity index is 853. The molecule has 0 unspecified atom stereocenters. The summed E-state index contributed by atoms with van der Waals surface area (Å²) in [6.07, 6.45) is 1.73. The predicted molar refractivity (Wildman–Crippen MR) is 91.7 cm³/mol. The van der Waals surface area contributed by atoms with Crippen molar-refractivity contribution in [1.82, 2.24) is 4.98 Å². The van der Waals surface area contributed by atoms with Gasteiger partial charge in [-0.25, -0.2) is 4.98 Å². The van der Waals surface area contributed by atoms with E-state index in [1.165, 1.54) is 0 Å². The van der Waals surface area contributed by atoms with Crippen LogP contribution in [0.5, 0.6) is 11.6 Å². The van der Waals surface area contributed by atoms with Crippen molar-refractivity contribution in [3.05, 3.63) is 78.0 Å². The fraction of sp³-hybridized carbons (Fsp3) is 0.100. The van der Waals surface area contributed by atoms with Crippen molar-refractivity contribution >= 4 is 0 Å². The lowest BCUT2D eigenvalue weighted by molar-refractivity contribution is 0.294. The zero-order valence-corrected chi connectivity index (χ0v) is 13.3. The van der Waals surface area contributed by atoms with E-state index in [9.17, 15) is 0 Å². The van der Waals surface area contributed by atoms with Crippen molar-refractivity contribution in [2.45, 2.75) is 6.61 Å². The highest BCUT2D eigenvalue weighted by atomic mass is 16.5. The molecule has 24 heavy (non-hydrogen) atoms. The molecule has 0 amide bonds. The normalized spacial score (nSPS) is 10.0. The summed E-state index contributed by atoms with van der Waals surface area (Å²) in [6, 6.07) is 21.2. The highest BCUT2D eigenvalue weighted by Gasteiger charge is 2.05. The van der Waals surface area contributed by atoms with Crippen molar-refractivity contribution in [3.8, 4) is 28.8 Å². The summed E-state index contributed by atoms with van der Waals surface area (Å²) in [5.74, 6) is 1.21. The Morgan fingerprint density at radius 3 is 2.50 bits per heavy atom. The lowest BCUT2D eigenvalue weighted by Gasteiger charge is -2.08. The molecule has 0 bridgehead atoms. The number of hydrogen-bond donors (Lipinski definition) is 0. The molecule has 3 rings (SSSR count). The number of benzene rings is 2. The topological polar surface area (TPSA) is 55.1 Å². The monoisotopic (exact) mass is 316 g/mol. The number of nitriles is 1. The highest BCUT2D eigenvalue weighted by molar-refractivity contribution is 5.66. The van der Waals surface area contributed by atoms with Crippen molar-refractivity contribution < 1.29 is 9.47 Å². The smallest absolute Gasteiger partial charge is 0.213 e. The number of methoxy groups -OCH3 is 1. The molecule has 0 radical (unpaired) electrons. The molecule has 0 spiro atoms. The summed E-state index contributed by atoms with van der Waals surface area (Å²) < 4.78 is 10.9. The van der Waals surface area contributed by atoms with Gasteiger partial charge in [-0.1, -0.05) is 30.3 Å². The average Bonchev–Trinajstić information content (AvgIpc) is 2.67. The SMILES string of the molecule is COc1cc(C#N)cc(-c2ccc(OCc3ccccc3)nc2)c1. The van der Waals surface area contributed by atoms with Gasteiger partial charge in [-0.3, -0.25) is 0 Å². The minimum Gasteiger partial charge on any atom is -0.497 e. The molecule has 1 heterocycles. The zero-order valence-electron chi connectivity index (χ0n) is 13.3. The molecule has 0 N–H and O–H groups in total. The van der Waals surface area contributed by atoms with Gasteiger partial charge >= 0.3 is 0 Å². The Balaban J connectivity index is 1.76. The number of pyridine rings is 1. The van der Waals surface area contributed by atoms with Crippen LogP contribution in [-0.4, -0.2) is 12.1 Å². The van der Waals surface area contributed by atoms with E-state index in [1.807, 2.05) is 54.6 Å². The molecule has 1 aromatic heterocycles. The molecule has 0 atom stereocenters. The van der Waals surface area contributed by atoms with Gasteiger partial charge < -0.3 is 9.47 Å². The maximum Gasteiger partial charge on any atom is 0.213 e. The van der Waals surface area contributed by atoms with Crippen LogP contribution in [0.25, 0.3) is 11.1 Å². The van der Waals surface area contributed by atoms with Crippen LogP contribution in [-0.2, 0) is 6.61 Å². The number of ether oxygens (including phenoxy) is 2. The van der Waals surface area contributed by atoms with Crippen molar-refractivity contribution in [1.29, 1.82) is 5.26 Å². The molecule has 0 aliphatic carbocycles. The first-order chi connectivity index (χ1) is 11.8. The molecule has 0 saturated heterocycles. The second-order valence-corrected chi connectivity index (χ2v) is 5.22. The molecule has 4 heteroatoms. The van der Waals surface area contributed by atoms with E-state index in [1.54, 1.807) is 19.4 Å². The van der Waals surface area contributed by atoms with E-state index in [0.29, 0.717) is 23.8 Å². The molecular formula is C20H16N2O2. The molecule has 0 aliphatic heterocycles. The average molecular weight is 316 g/mol. The largest absolute Gasteiger partial charge is 0.497 e. The lowest BCUT2D eigenvalue weighted by atomic mass is 10.0. The molecule has 0 fully saturated rings. The van der Waals surface area contributed by atoms with Gasteiger partial charge in [-0.2, -0.15) is 5.26 Å². The number of nitrogens with zero attached hydrogens (tertiary/aromatic N) is 2. The van der Waals surface area contributed by atoms with Crippen LogP contribution in [0.3, 0.4) is 0 Å². The first-order valence-corrected chi connectivity index (χ1v) is 7.51. The molecular weight excluding hydrogens is 300 g/mol. The third kappa shape index (κ3) is 3.71. The summed E-state index contributed by atoms with van der Waals surface area (Å²) in [5.41, 5.74) is 3.43. The molecule has 2 aromatic carbocycles. The number of aromatic nitrogens is 1. The van der Waals surface area contributed by atoms with Crippen molar-refractivity contribution in [2.75, 3.05) is 7.11 Å². The van der Waals surface area contributed by atoms with Gasteiger partial charge in [0, 0.05) is 17.8 Å². The third-order valence-corrected chi connectivity index (χ3v) is 3.57. The van der Waals surface area contributed by atoms with Crippen LogP contribution in [0.15, 0.2) is 66.9 Å². The highest BCUT2D eigenvalue weighted by Crippen LogP contribution is 2.26. The van der Waals surface area contributed by atoms with Crippen LogP contribution < -0.4 is 9.47 Å². The Hall–Kier alpha value is -3.32. The van der Waals surface area contributed by atoms with Crippen LogP contribution in [0.4, 0.5) is 0 Å². The first-order valence-electron chi connectivity index (χ1n) is 7.51. The zero-order chi connectivity index (χ0) is 16.8. The maximum absolute atomic E-state index is 9.11. The fourth-order valence-electron chi connectivity index (χ4n) is 2.32. The first kappa shape index (κ1) is 15.6. The number of hydrogen-bond acceptors (Lipinski definition) is 4. The minimum absolute atomic E-state index is 0.477. The van der Waals surface area contributed by atoms with Gasteiger partial charge in [0.1, 0.15) is 12.4 Å². The lowest BCUT2D eigenvalue weighted by Crippen LogP contribution is -1.96. The Morgan fingerprint density at radius 1 is 1.00 bits per heavy atom. The van der Waals surface area contributed by atoms with Crippen LogP contribution >= 0.6 is 0 Å². The summed E-state index contributed by atoms with van der Waals surface area (Å²) in [4.78, 5) is 4.34. The van der Waals surface area contributed by atoms with Gasteiger partial charge in [0.2, 0.25) is 5.88 Å². The predicted octanol–water partition coefficient (Wildman–Crippen LogP) is 4.21. The minimum atomic E-state index is 0.477. The van der Waals surface area contributed by atoms with Gasteiger partial charge in [0.15, 0.2) is 0 Å². The molecule has 4 nitrogen and oxygen atoms in total. The van der Waals surface area contributed by atoms with Gasteiger partial charge in [0.25, 0.3) is 0 Å². The van der Waals surface area contributed by atoms with Gasteiger partial charge in [-0.15, -0.1) is 0 Å². The van der Waals surface area contributed by atoms with Gasteiger partial charge in [0.05, 0.1) is 18.7 Å². The number of rotatable bonds is 5. The third-order valence-electron chi connectivity index (χ3n) is 3.57. The standard InChI is InChI=1S/C20H16N2O2/c1-23-19-10-16(12-21)9-18(11-19)17-7-8-20(22-13-17)24-14-15-5-3-2-4-6-15/h2-11,13H,14H2,1H3. The molecule has 118 valence electrons. The fourth-order valence-corrected chi connectivity index (χ4v) is 2.32. The summed E-state index contributed by atoms with van der Waals surface area (Å²) in [6.45, 7) is 0.477. The van der Waals surface area contributed by atoms with E-state index < -0.39 is 0 Å². The van der Waals surface area contributed by atoms with Crippen LogP contribution in [0.2, 0.25) is 0 Å². The second-order valence-electron chi connectivity index (χ2n) is 5.22. The second kappa shape index (κ2) is 7.30. The van der Waals surface area contributed by atoms with Crippen molar-refractivity contribution in [2.24, 2.45) is 0 Å². The van der Waals surface area contributed by atoms with E-state index in [0.717, 1.165) is 16.7 Å². The molecule has 3 aromatic rings. The van der Waals surface area contributed by atoms with E-state index in [-0.39, 0.29) is 0 Å².